The molecule has 278 valence electrons. The topological polar surface area (TPSA) is 294 Å². The number of esters is 2. The number of aromatic amines is 1. The van der Waals surface area contributed by atoms with Crippen molar-refractivity contribution in [3.63, 3.8) is 0 Å². The number of amides is 3. The van der Waals surface area contributed by atoms with Gasteiger partial charge in [-0.2, -0.15) is 0 Å². The molecule has 0 fully saturated rings. The van der Waals surface area contributed by atoms with Crippen LogP contribution in [0.25, 0.3) is 0 Å². The molecule has 3 amide bonds. The number of carbonyl (C=O) groups is 6. The highest BCUT2D eigenvalue weighted by Gasteiger charge is 2.28. The maximum atomic E-state index is 12.7. The number of hydrogen-bond acceptors (Lipinski definition) is 13. The van der Waals surface area contributed by atoms with Crippen LogP contribution in [0.15, 0.2) is 12.5 Å². The number of rotatable bonds is 26. The Bertz CT molecular complexity index is 1250. The average Bonchev–Trinajstić information content (AvgIpc) is 3.55. The van der Waals surface area contributed by atoms with Crippen LogP contribution in [0.2, 0.25) is 0 Å². The van der Waals surface area contributed by atoms with E-state index >= 15 is 0 Å². The molecule has 0 aliphatic rings. The first-order valence-electron chi connectivity index (χ1n) is 15.6. The SMILES string of the molecule is CCCC(=O)OC(COC(=O)CC)COP(=O)(O)OCCNCCCCC(NC(=O)O)C(=O)NC(C)C(=O)NC(Cc1cnc[nH]1)C(=O)O. The van der Waals surface area contributed by atoms with E-state index in [-0.39, 0.29) is 45.4 Å². The van der Waals surface area contributed by atoms with E-state index in [9.17, 15) is 43.3 Å². The van der Waals surface area contributed by atoms with E-state index in [1.807, 2.05) is 0 Å². The highest BCUT2D eigenvalue weighted by atomic mass is 31.2. The Kier molecular flexibility index (Phi) is 20.4. The van der Waals surface area contributed by atoms with Crippen LogP contribution in [0.1, 0.15) is 65.0 Å². The molecule has 20 nitrogen and oxygen atoms in total. The van der Waals surface area contributed by atoms with Crippen LogP contribution in [0.5, 0.6) is 0 Å². The number of nitrogens with one attached hydrogen (secondary N) is 5. The summed E-state index contributed by atoms with van der Waals surface area (Å²) in [7, 11) is -4.55. The van der Waals surface area contributed by atoms with Crippen molar-refractivity contribution in [1.82, 2.24) is 31.2 Å². The number of phosphoric acid groups is 1. The minimum Gasteiger partial charge on any atom is -0.480 e. The number of aliphatic carboxylic acids is 1. The lowest BCUT2D eigenvalue weighted by molar-refractivity contribution is -0.161. The summed E-state index contributed by atoms with van der Waals surface area (Å²) in [4.78, 5) is 87.9. The molecule has 0 saturated heterocycles. The van der Waals surface area contributed by atoms with E-state index in [0.717, 1.165) is 0 Å². The van der Waals surface area contributed by atoms with Crippen molar-refractivity contribution in [3.8, 4) is 0 Å². The van der Waals surface area contributed by atoms with Gasteiger partial charge < -0.3 is 50.8 Å². The molecule has 5 atom stereocenters. The highest BCUT2D eigenvalue weighted by Crippen LogP contribution is 2.43. The highest BCUT2D eigenvalue weighted by molar-refractivity contribution is 7.47. The third-order valence-corrected chi connectivity index (χ3v) is 7.47. The maximum Gasteiger partial charge on any atom is 0.472 e. The molecule has 0 aliphatic heterocycles. The van der Waals surface area contributed by atoms with E-state index in [1.54, 1.807) is 13.8 Å². The van der Waals surface area contributed by atoms with E-state index in [4.69, 9.17) is 23.6 Å². The first kappa shape index (κ1) is 42.9. The minimum absolute atomic E-state index is 0.0689. The number of carboxylic acid groups (broad SMARTS) is 2. The van der Waals surface area contributed by atoms with Crippen molar-refractivity contribution in [2.45, 2.75) is 89.9 Å². The summed E-state index contributed by atoms with van der Waals surface area (Å²) < 4.78 is 32.1. The molecule has 1 rings (SSSR count). The fourth-order valence-electron chi connectivity index (χ4n) is 3.93. The van der Waals surface area contributed by atoms with Gasteiger partial charge in [0.2, 0.25) is 11.8 Å². The monoisotopic (exact) mass is 722 g/mol. The molecule has 0 aliphatic carbocycles. The number of nitrogens with zero attached hydrogens (tertiary/aromatic N) is 1. The second-order valence-corrected chi connectivity index (χ2v) is 12.1. The van der Waals surface area contributed by atoms with Crippen LogP contribution in [0.3, 0.4) is 0 Å². The number of H-pyrrole nitrogens is 1. The lowest BCUT2D eigenvalue weighted by Crippen LogP contribution is -2.55. The molecule has 0 bridgehead atoms. The molecule has 0 spiro atoms. The molecule has 8 N–H and O–H groups in total. The lowest BCUT2D eigenvalue weighted by Gasteiger charge is -2.21. The van der Waals surface area contributed by atoms with Gasteiger partial charge in [-0.3, -0.25) is 28.2 Å². The zero-order valence-electron chi connectivity index (χ0n) is 27.7. The van der Waals surface area contributed by atoms with Crippen LogP contribution in [-0.2, 0) is 53.5 Å². The standard InChI is InChI=1S/C28H47N6O14P/c1-4-8-24(36)48-20(15-45-23(35)5-2)16-47-49(43,44)46-12-11-29-10-7-6-9-21(34-28(41)42)26(38)32-18(3)25(37)33-22(27(39)40)13-19-14-30-17-31-19/h14,17-18,20-22,29,34H,4-13,15-16H2,1-3H3,(H,30,31)(H,32,38)(H,33,37)(H,39,40)(H,41,42)(H,43,44). The fourth-order valence-corrected chi connectivity index (χ4v) is 4.69. The predicted octanol–water partition coefficient (Wildman–Crippen LogP) is 0.221. The Labute approximate surface area is 283 Å². The molecule has 1 aromatic rings. The van der Waals surface area contributed by atoms with Crippen LogP contribution in [0.4, 0.5) is 4.79 Å². The van der Waals surface area contributed by atoms with E-state index in [2.05, 4.69) is 31.2 Å². The molecule has 49 heavy (non-hydrogen) atoms. The molecular weight excluding hydrogens is 675 g/mol. The summed E-state index contributed by atoms with van der Waals surface area (Å²) in [5.41, 5.74) is 0.473. The van der Waals surface area contributed by atoms with Crippen molar-refractivity contribution < 1.29 is 67.0 Å². The fraction of sp³-hybridized carbons (Fsp3) is 0.679. The predicted molar refractivity (Wildman–Crippen MR) is 169 cm³/mol. The van der Waals surface area contributed by atoms with Crippen molar-refractivity contribution >= 4 is 43.6 Å². The zero-order valence-corrected chi connectivity index (χ0v) is 28.6. The van der Waals surface area contributed by atoms with Gasteiger partial charge in [0.25, 0.3) is 0 Å². The van der Waals surface area contributed by atoms with Gasteiger partial charge in [0.05, 0.1) is 19.5 Å². The first-order valence-corrected chi connectivity index (χ1v) is 17.1. The van der Waals surface area contributed by atoms with Gasteiger partial charge in [0, 0.05) is 37.7 Å². The van der Waals surface area contributed by atoms with Crippen LogP contribution < -0.4 is 21.3 Å². The largest absolute Gasteiger partial charge is 0.480 e. The van der Waals surface area contributed by atoms with Gasteiger partial charge in [-0.1, -0.05) is 13.8 Å². The maximum absolute atomic E-state index is 12.7. The summed E-state index contributed by atoms with van der Waals surface area (Å²) in [5, 5.41) is 28.4. The number of aromatic nitrogens is 2. The van der Waals surface area contributed by atoms with Crippen LogP contribution in [0, 0.1) is 0 Å². The molecular formula is C28H47N6O14P. The molecule has 21 heteroatoms. The zero-order chi connectivity index (χ0) is 36.8. The van der Waals surface area contributed by atoms with Crippen LogP contribution >= 0.6 is 7.82 Å². The first-order chi connectivity index (χ1) is 23.2. The van der Waals surface area contributed by atoms with Gasteiger partial charge in [-0.05, 0) is 39.2 Å². The average molecular weight is 723 g/mol. The number of hydrogen-bond donors (Lipinski definition) is 8. The molecule has 1 aromatic heterocycles. The molecule has 1 heterocycles. The van der Waals surface area contributed by atoms with E-state index in [0.29, 0.717) is 31.5 Å². The normalized spacial score (nSPS) is 14.7. The Morgan fingerprint density at radius 2 is 1.67 bits per heavy atom. The van der Waals surface area contributed by atoms with Gasteiger partial charge in [0.1, 0.15) is 24.7 Å². The summed E-state index contributed by atoms with van der Waals surface area (Å²) in [6, 6.07) is -3.68. The summed E-state index contributed by atoms with van der Waals surface area (Å²) in [5.74, 6) is -4.00. The molecule has 5 unspecified atom stereocenters. The van der Waals surface area contributed by atoms with Gasteiger partial charge in [-0.15, -0.1) is 0 Å². The number of ether oxygens (including phenoxy) is 2. The minimum atomic E-state index is -4.55. The summed E-state index contributed by atoms with van der Waals surface area (Å²) in [6.07, 6.45) is 1.72. The van der Waals surface area contributed by atoms with Crippen LogP contribution in [-0.4, -0.2) is 118 Å². The van der Waals surface area contributed by atoms with Gasteiger partial charge in [-0.25, -0.2) is 19.1 Å². The Morgan fingerprint density at radius 3 is 2.29 bits per heavy atom. The number of unbranched alkanes of at least 4 members (excludes halogenated alkanes) is 1. The second kappa shape index (κ2) is 23.3. The van der Waals surface area contributed by atoms with Crippen molar-refractivity contribution in [2.24, 2.45) is 0 Å². The third-order valence-electron chi connectivity index (χ3n) is 6.48. The Hall–Kier alpha value is -4.10. The third kappa shape index (κ3) is 19.5. The summed E-state index contributed by atoms with van der Waals surface area (Å²) >= 11 is 0. The van der Waals surface area contributed by atoms with Crippen molar-refractivity contribution in [3.05, 3.63) is 18.2 Å². The van der Waals surface area contributed by atoms with E-state index in [1.165, 1.54) is 19.4 Å². The lowest BCUT2D eigenvalue weighted by atomic mass is 10.1. The molecule has 0 radical (unpaired) electrons. The van der Waals surface area contributed by atoms with Gasteiger partial charge >= 0.3 is 31.8 Å². The summed E-state index contributed by atoms with van der Waals surface area (Å²) in [6.45, 7) is 4.01. The Balaban J connectivity index is 2.44. The van der Waals surface area contributed by atoms with E-state index < -0.39 is 74.5 Å². The smallest absolute Gasteiger partial charge is 0.472 e. The molecule has 0 aromatic carbocycles. The van der Waals surface area contributed by atoms with Crippen molar-refractivity contribution in [1.29, 1.82) is 0 Å². The Morgan fingerprint density at radius 1 is 0.939 bits per heavy atom. The number of phosphoric ester groups is 1. The van der Waals surface area contributed by atoms with Crippen molar-refractivity contribution in [2.75, 3.05) is 32.9 Å². The second-order valence-electron chi connectivity index (χ2n) is 10.7. The quantitative estimate of drug-likeness (QED) is 0.0360. The number of imidazole rings is 1. The van der Waals surface area contributed by atoms with Gasteiger partial charge in [0.15, 0.2) is 6.10 Å². The molecule has 0 saturated carbocycles. The number of carboxylic acids is 1. The number of carbonyl (C=O) groups excluding carboxylic acids is 4.